The summed E-state index contributed by atoms with van der Waals surface area (Å²) in [5, 5.41) is 87.0. The predicted octanol–water partition coefficient (Wildman–Crippen LogP) is 10.5. The van der Waals surface area contributed by atoms with Gasteiger partial charge < -0.3 is 65.1 Å². The Hall–Kier alpha value is -1.01. The molecule has 0 aromatic heterocycles. The van der Waals surface area contributed by atoms with E-state index in [-0.39, 0.29) is 12.5 Å². The first kappa shape index (κ1) is 68.1. The lowest BCUT2D eigenvalue weighted by Gasteiger charge is -2.46. The van der Waals surface area contributed by atoms with Crippen LogP contribution < -0.4 is 5.32 Å². The molecule has 2 aliphatic rings. The molecular weight excluding hydrogens is 931 g/mol. The van der Waals surface area contributed by atoms with E-state index >= 15 is 0 Å². The highest BCUT2D eigenvalue weighted by Crippen LogP contribution is 2.30. The number of hydrogen-bond donors (Lipinski definition) is 9. The lowest BCUT2D eigenvalue weighted by atomic mass is 9.97. The van der Waals surface area contributed by atoms with E-state index in [9.17, 15) is 45.6 Å². The molecule has 2 heterocycles. The van der Waals surface area contributed by atoms with Gasteiger partial charge in [-0.05, 0) is 12.8 Å². The molecule has 12 atom stereocenters. The van der Waals surface area contributed by atoms with Crippen molar-refractivity contribution in [1.82, 2.24) is 5.32 Å². The van der Waals surface area contributed by atoms with Gasteiger partial charge in [0.25, 0.3) is 0 Å². The number of carbonyl (C=O) groups excluding carboxylic acids is 1. The van der Waals surface area contributed by atoms with E-state index in [1.165, 1.54) is 199 Å². The second-order valence-corrected chi connectivity index (χ2v) is 22.2. The second kappa shape index (κ2) is 46.0. The smallest absolute Gasteiger partial charge is 0.220 e. The van der Waals surface area contributed by atoms with Crippen LogP contribution in [0.3, 0.4) is 0 Å². The van der Waals surface area contributed by atoms with Crippen molar-refractivity contribution in [3.63, 3.8) is 0 Å². The van der Waals surface area contributed by atoms with Crippen LogP contribution in [0.25, 0.3) is 0 Å². The molecule has 0 spiro atoms. The second-order valence-electron chi connectivity index (χ2n) is 22.2. The number of aliphatic hydroxyl groups is 8. The Balaban J connectivity index is 1.59. The first-order valence-corrected chi connectivity index (χ1v) is 30.8. The molecule has 0 aliphatic carbocycles. The number of rotatable bonds is 50. The molecule has 1 amide bonds. The van der Waals surface area contributed by atoms with Gasteiger partial charge in [0, 0.05) is 6.42 Å². The normalized spacial score (nSPS) is 25.3. The summed E-state index contributed by atoms with van der Waals surface area (Å²) < 4.78 is 22.8. The molecule has 0 aromatic carbocycles. The van der Waals surface area contributed by atoms with Crippen LogP contribution in [0.1, 0.15) is 277 Å². The van der Waals surface area contributed by atoms with Crippen molar-refractivity contribution in [2.75, 3.05) is 19.8 Å². The molecule has 14 nitrogen and oxygen atoms in total. The van der Waals surface area contributed by atoms with E-state index in [0.717, 1.165) is 51.4 Å². The van der Waals surface area contributed by atoms with Crippen molar-refractivity contribution in [1.29, 1.82) is 0 Å². The molecule has 2 aliphatic heterocycles. The largest absolute Gasteiger partial charge is 0.394 e. The molecule has 2 fully saturated rings. The van der Waals surface area contributed by atoms with Gasteiger partial charge in [-0.1, -0.05) is 258 Å². The maximum Gasteiger partial charge on any atom is 0.220 e. The van der Waals surface area contributed by atoms with Crippen LogP contribution in [0.4, 0.5) is 0 Å². The molecule has 434 valence electrons. The van der Waals surface area contributed by atoms with Crippen molar-refractivity contribution in [3.05, 3.63) is 0 Å². The van der Waals surface area contributed by atoms with Crippen LogP contribution in [-0.2, 0) is 23.7 Å². The number of nitrogens with one attached hydrogen (secondary N) is 1. The number of unbranched alkanes of at least 4 members (excludes halogenated alkanes) is 37. The first-order valence-electron chi connectivity index (χ1n) is 30.8. The summed E-state index contributed by atoms with van der Waals surface area (Å²) in [6, 6.07) is -0.821. The summed E-state index contributed by atoms with van der Waals surface area (Å²) in [7, 11) is 0. The van der Waals surface area contributed by atoms with E-state index < -0.39 is 86.8 Å². The van der Waals surface area contributed by atoms with Crippen molar-refractivity contribution in [2.24, 2.45) is 0 Å². The van der Waals surface area contributed by atoms with E-state index in [1.54, 1.807) is 0 Å². The van der Waals surface area contributed by atoms with Gasteiger partial charge in [0.15, 0.2) is 12.6 Å². The summed E-state index contributed by atoms with van der Waals surface area (Å²) in [4.78, 5) is 13.1. The van der Waals surface area contributed by atoms with Crippen molar-refractivity contribution in [3.8, 4) is 0 Å². The molecule has 2 rings (SSSR count). The quantitative estimate of drug-likeness (QED) is 0.0259. The van der Waals surface area contributed by atoms with Gasteiger partial charge in [0.1, 0.15) is 48.8 Å². The maximum absolute atomic E-state index is 13.1. The van der Waals surface area contributed by atoms with Gasteiger partial charge in [-0.15, -0.1) is 0 Å². The molecule has 73 heavy (non-hydrogen) atoms. The Labute approximate surface area is 444 Å². The Kier molecular flexibility index (Phi) is 42.9. The van der Waals surface area contributed by atoms with Crippen molar-refractivity contribution >= 4 is 5.91 Å². The number of aliphatic hydroxyl groups excluding tert-OH is 8. The third-order valence-electron chi connectivity index (χ3n) is 15.6. The van der Waals surface area contributed by atoms with E-state index in [2.05, 4.69) is 19.2 Å². The molecule has 12 unspecified atom stereocenters. The average Bonchev–Trinajstić information content (AvgIpc) is 3.39. The zero-order valence-electron chi connectivity index (χ0n) is 46.7. The third-order valence-corrected chi connectivity index (χ3v) is 15.6. The first-order chi connectivity index (χ1) is 35.6. The topological polar surface area (TPSA) is 228 Å². The molecule has 0 saturated carbocycles. The number of hydrogen-bond acceptors (Lipinski definition) is 13. The van der Waals surface area contributed by atoms with E-state index in [0.29, 0.717) is 12.8 Å². The maximum atomic E-state index is 13.1. The molecule has 9 N–H and O–H groups in total. The zero-order valence-corrected chi connectivity index (χ0v) is 46.7. The lowest BCUT2D eigenvalue weighted by Crippen LogP contribution is -2.65. The number of amides is 1. The minimum atomic E-state index is -1.78. The predicted molar refractivity (Wildman–Crippen MR) is 291 cm³/mol. The van der Waals surface area contributed by atoms with Gasteiger partial charge in [-0.25, -0.2) is 0 Å². The monoisotopic (exact) mass is 1050 g/mol. The molecule has 14 heteroatoms. The fraction of sp³-hybridized carbons (Fsp3) is 0.983. The van der Waals surface area contributed by atoms with Gasteiger partial charge in [0.2, 0.25) is 5.91 Å². The third kappa shape index (κ3) is 31.9. The Morgan fingerprint density at radius 2 is 0.781 bits per heavy atom. The Bertz CT molecular complexity index is 1230. The lowest BCUT2D eigenvalue weighted by molar-refractivity contribution is -0.359. The molecular formula is C59H115NO13. The molecule has 2 saturated heterocycles. The van der Waals surface area contributed by atoms with Crippen LogP contribution in [0.5, 0.6) is 0 Å². The fourth-order valence-corrected chi connectivity index (χ4v) is 10.6. The van der Waals surface area contributed by atoms with Crippen LogP contribution >= 0.6 is 0 Å². The zero-order chi connectivity index (χ0) is 53.2. The van der Waals surface area contributed by atoms with Gasteiger partial charge >= 0.3 is 0 Å². The van der Waals surface area contributed by atoms with Gasteiger partial charge in [-0.3, -0.25) is 4.79 Å². The van der Waals surface area contributed by atoms with Crippen LogP contribution in [-0.4, -0.2) is 140 Å². The summed E-state index contributed by atoms with van der Waals surface area (Å²) in [6.45, 7) is 2.85. The SMILES string of the molecule is CCCCCCCCCCCCCCCCCCCCCCCCCCCCCCCCCC(O)C(COC1OC(CO)C(OC2OC(CO)C(O)C(O)C2O)C(O)C1O)NC(=O)CCCCCCCCCC. The standard InChI is InChI=1S/C59H115NO13/c1-3-5-7-9-11-13-14-15-16-17-18-19-20-21-22-23-24-25-26-27-28-29-30-31-32-33-34-35-36-38-40-42-48(63)47(60-51(64)43-41-39-37-12-10-8-6-4-2)46-70-58-56(69)54(67)57(50(45-62)72-58)73-59-55(68)53(66)52(65)49(44-61)71-59/h47-50,52-59,61-63,65-69H,3-46H2,1-2H3,(H,60,64). The van der Waals surface area contributed by atoms with E-state index in [4.69, 9.17) is 18.9 Å². The summed E-state index contributed by atoms with van der Waals surface area (Å²) >= 11 is 0. The highest BCUT2D eigenvalue weighted by atomic mass is 16.7. The highest BCUT2D eigenvalue weighted by Gasteiger charge is 2.51. The summed E-state index contributed by atoms with van der Waals surface area (Å²) in [5.41, 5.74) is 0. The molecule has 0 aromatic rings. The van der Waals surface area contributed by atoms with Gasteiger partial charge in [0.05, 0.1) is 32.0 Å². The minimum Gasteiger partial charge on any atom is -0.394 e. The minimum absolute atomic E-state index is 0.207. The average molecular weight is 1050 g/mol. The fourth-order valence-electron chi connectivity index (χ4n) is 10.6. The number of ether oxygens (including phenoxy) is 4. The van der Waals surface area contributed by atoms with E-state index in [1.807, 2.05) is 0 Å². The summed E-state index contributed by atoms with van der Waals surface area (Å²) in [5.74, 6) is -0.207. The number of carbonyl (C=O) groups is 1. The molecule has 0 radical (unpaired) electrons. The summed E-state index contributed by atoms with van der Waals surface area (Å²) in [6.07, 6.45) is 34.5. The van der Waals surface area contributed by atoms with Crippen LogP contribution in [0.2, 0.25) is 0 Å². The van der Waals surface area contributed by atoms with Gasteiger partial charge in [-0.2, -0.15) is 0 Å². The molecule has 0 bridgehead atoms. The van der Waals surface area contributed by atoms with Crippen molar-refractivity contribution in [2.45, 2.75) is 351 Å². The Morgan fingerprint density at radius 1 is 0.438 bits per heavy atom. The van der Waals surface area contributed by atoms with Crippen LogP contribution in [0.15, 0.2) is 0 Å². The highest BCUT2D eigenvalue weighted by molar-refractivity contribution is 5.76. The van der Waals surface area contributed by atoms with Crippen molar-refractivity contribution < 1.29 is 64.6 Å². The Morgan fingerprint density at radius 3 is 1.16 bits per heavy atom. The van der Waals surface area contributed by atoms with Crippen LogP contribution in [0, 0.1) is 0 Å².